The van der Waals surface area contributed by atoms with Crippen LogP contribution in [0.5, 0.6) is 5.75 Å². The van der Waals surface area contributed by atoms with Crippen LogP contribution in [-0.2, 0) is 53.0 Å². The molecule has 5 heteroatoms. The van der Waals surface area contributed by atoms with E-state index in [2.05, 4.69) is 34.6 Å². The van der Waals surface area contributed by atoms with Gasteiger partial charge in [0.05, 0.1) is 6.61 Å². The van der Waals surface area contributed by atoms with Gasteiger partial charge in [-0.15, -0.1) is 0 Å². The Kier molecular flexibility index (Phi) is 4.61. The minimum atomic E-state index is -0.950. The van der Waals surface area contributed by atoms with Gasteiger partial charge in [0.15, 0.2) is 5.60 Å². The van der Waals surface area contributed by atoms with E-state index in [1.54, 1.807) is 18.2 Å². The number of phenolic OH excluding ortho intramolecular Hbond substituents is 1. The molecule has 2 saturated heterocycles. The van der Waals surface area contributed by atoms with Crippen LogP contribution in [0.25, 0.3) is 0 Å². The normalized spacial score (nSPS) is 32.8. The molecule has 1 N–H and O–H groups in total. The molecule has 3 rings (SSSR count). The molecule has 1 aromatic rings. The van der Waals surface area contributed by atoms with Crippen molar-refractivity contribution < 1.29 is 52.3 Å². The quantitative estimate of drug-likeness (QED) is 0.811. The molecular weight excluding hydrogens is 357 g/mol. The van der Waals surface area contributed by atoms with E-state index >= 15 is 0 Å². The average molecular weight is 381 g/mol. The van der Waals surface area contributed by atoms with Gasteiger partial charge in [-0.25, -0.2) is 4.89 Å². The summed E-state index contributed by atoms with van der Waals surface area (Å²) in [5.41, 5.74) is -0.122. The maximum Gasteiger partial charge on any atom is 0.261 e. The number of fused-ring (bicyclic) bond motifs is 1. The first-order valence-electron chi connectivity index (χ1n) is 7.53. The Balaban J connectivity index is 0.00000176. The standard InChI is InChI=1S/C17H24O4.Y/c1-6-14(2,3)17-15(4,5)11-19-16(17,20-21-17)12-8-7-9-13(18)10-12;/h7-10,18H,6,11H2,1-5H3;. The van der Waals surface area contributed by atoms with Crippen molar-refractivity contribution in [3.8, 4) is 5.75 Å². The van der Waals surface area contributed by atoms with E-state index in [9.17, 15) is 5.11 Å². The second-order valence-corrected chi connectivity index (χ2v) is 7.42. The predicted octanol–water partition coefficient (Wildman–Crippen LogP) is 3.74. The van der Waals surface area contributed by atoms with Crippen LogP contribution in [0.3, 0.4) is 0 Å². The number of ether oxygens (including phenoxy) is 1. The molecule has 0 saturated carbocycles. The first-order chi connectivity index (χ1) is 9.72. The maximum absolute atomic E-state index is 9.82. The van der Waals surface area contributed by atoms with Gasteiger partial charge in [-0.1, -0.05) is 46.8 Å². The fourth-order valence-electron chi connectivity index (χ4n) is 4.04. The SMILES string of the molecule is CCC(C)(C)C12OOC1(c1cccc(O)c1)OCC2(C)C.[Y]. The van der Waals surface area contributed by atoms with Gasteiger partial charge in [0.25, 0.3) is 5.79 Å². The number of hydrogen-bond acceptors (Lipinski definition) is 4. The fourth-order valence-corrected chi connectivity index (χ4v) is 4.04. The molecule has 0 spiro atoms. The summed E-state index contributed by atoms with van der Waals surface area (Å²) in [5.74, 6) is -0.747. The third kappa shape index (κ3) is 2.01. The van der Waals surface area contributed by atoms with E-state index in [0.717, 1.165) is 12.0 Å². The molecule has 2 aliphatic rings. The van der Waals surface area contributed by atoms with Crippen LogP contribution < -0.4 is 0 Å². The Morgan fingerprint density at radius 1 is 1.23 bits per heavy atom. The van der Waals surface area contributed by atoms with Gasteiger partial charge >= 0.3 is 0 Å². The van der Waals surface area contributed by atoms with Crippen molar-refractivity contribution in [2.75, 3.05) is 6.61 Å². The minimum absolute atomic E-state index is 0. The largest absolute Gasteiger partial charge is 0.508 e. The minimum Gasteiger partial charge on any atom is -0.508 e. The zero-order valence-electron chi connectivity index (χ0n) is 14.0. The van der Waals surface area contributed by atoms with E-state index < -0.39 is 11.4 Å². The van der Waals surface area contributed by atoms with E-state index in [1.807, 2.05) is 6.07 Å². The van der Waals surface area contributed by atoms with Crippen molar-refractivity contribution in [3.63, 3.8) is 0 Å². The molecule has 2 aliphatic heterocycles. The first-order valence-corrected chi connectivity index (χ1v) is 7.53. The first kappa shape index (κ1) is 18.3. The molecule has 22 heavy (non-hydrogen) atoms. The van der Waals surface area contributed by atoms with Crippen molar-refractivity contribution in [3.05, 3.63) is 29.8 Å². The zero-order chi connectivity index (χ0) is 15.5. The molecule has 2 heterocycles. The zero-order valence-corrected chi connectivity index (χ0v) is 16.8. The Morgan fingerprint density at radius 2 is 1.91 bits per heavy atom. The van der Waals surface area contributed by atoms with Gasteiger partial charge < -0.3 is 9.84 Å². The monoisotopic (exact) mass is 381 g/mol. The van der Waals surface area contributed by atoms with Crippen LogP contribution in [0, 0.1) is 10.8 Å². The van der Waals surface area contributed by atoms with Gasteiger partial charge in [-0.2, -0.15) is 4.89 Å². The molecule has 0 bridgehead atoms. The number of phenols is 1. The summed E-state index contributed by atoms with van der Waals surface area (Å²) in [7, 11) is 0. The molecule has 2 unspecified atom stereocenters. The van der Waals surface area contributed by atoms with E-state index in [4.69, 9.17) is 14.5 Å². The molecule has 2 fully saturated rings. The summed E-state index contributed by atoms with van der Waals surface area (Å²) in [6.45, 7) is 11.4. The summed E-state index contributed by atoms with van der Waals surface area (Å²) in [4.78, 5) is 11.4. The average Bonchev–Trinajstić information content (AvgIpc) is 2.53. The molecule has 0 aromatic heterocycles. The summed E-state index contributed by atoms with van der Waals surface area (Å²) in [6.07, 6.45) is 0.934. The molecule has 119 valence electrons. The van der Waals surface area contributed by atoms with E-state index in [1.165, 1.54) is 0 Å². The summed E-state index contributed by atoms with van der Waals surface area (Å²) in [5, 5.41) is 9.82. The molecule has 0 aliphatic carbocycles. The number of aromatic hydroxyl groups is 1. The van der Waals surface area contributed by atoms with Crippen molar-refractivity contribution in [1.29, 1.82) is 0 Å². The predicted molar refractivity (Wildman–Crippen MR) is 78.5 cm³/mol. The molecule has 1 radical (unpaired) electrons. The Labute approximate surface area is 157 Å². The molecule has 4 nitrogen and oxygen atoms in total. The fraction of sp³-hybridized carbons (Fsp3) is 0.647. The Morgan fingerprint density at radius 3 is 2.41 bits per heavy atom. The number of benzene rings is 1. The van der Waals surface area contributed by atoms with Crippen molar-refractivity contribution in [2.24, 2.45) is 10.8 Å². The third-order valence-corrected chi connectivity index (χ3v) is 5.40. The Bertz CT molecular complexity index is 572. The van der Waals surface area contributed by atoms with E-state index in [0.29, 0.717) is 6.61 Å². The molecular formula is C17H24O4Y. The third-order valence-electron chi connectivity index (χ3n) is 5.40. The van der Waals surface area contributed by atoms with Gasteiger partial charge in [0.1, 0.15) is 5.75 Å². The van der Waals surface area contributed by atoms with Crippen LogP contribution in [-0.4, -0.2) is 17.3 Å². The topological polar surface area (TPSA) is 47.9 Å². The molecule has 2 atom stereocenters. The van der Waals surface area contributed by atoms with Crippen molar-refractivity contribution >= 4 is 0 Å². The van der Waals surface area contributed by atoms with Crippen LogP contribution in [0.15, 0.2) is 24.3 Å². The molecule has 0 amide bonds. The van der Waals surface area contributed by atoms with Crippen LogP contribution >= 0.6 is 0 Å². The van der Waals surface area contributed by atoms with Crippen LogP contribution in [0.4, 0.5) is 0 Å². The van der Waals surface area contributed by atoms with Crippen LogP contribution in [0.2, 0.25) is 0 Å². The summed E-state index contributed by atoms with van der Waals surface area (Å²) in [6, 6.07) is 7.07. The Hall–Kier alpha value is 0.00390. The summed E-state index contributed by atoms with van der Waals surface area (Å²) >= 11 is 0. The van der Waals surface area contributed by atoms with Gasteiger partial charge in [0, 0.05) is 49.1 Å². The smallest absolute Gasteiger partial charge is 0.261 e. The van der Waals surface area contributed by atoms with Gasteiger partial charge in [-0.05, 0) is 18.6 Å². The van der Waals surface area contributed by atoms with Gasteiger partial charge in [0.2, 0.25) is 0 Å². The molecule has 1 aromatic carbocycles. The van der Waals surface area contributed by atoms with Gasteiger partial charge in [-0.3, -0.25) is 0 Å². The van der Waals surface area contributed by atoms with Crippen molar-refractivity contribution in [2.45, 2.75) is 52.4 Å². The second kappa shape index (κ2) is 5.52. The number of hydrogen-bond donors (Lipinski definition) is 1. The summed E-state index contributed by atoms with van der Waals surface area (Å²) < 4.78 is 6.13. The van der Waals surface area contributed by atoms with E-state index in [-0.39, 0.29) is 49.3 Å². The van der Waals surface area contributed by atoms with Crippen molar-refractivity contribution in [1.82, 2.24) is 0 Å². The van der Waals surface area contributed by atoms with Crippen LogP contribution in [0.1, 0.15) is 46.6 Å². The number of rotatable bonds is 3. The second-order valence-electron chi connectivity index (χ2n) is 7.42. The maximum atomic E-state index is 9.82.